The maximum absolute atomic E-state index is 12.5. The Morgan fingerprint density at radius 1 is 0.944 bits per heavy atom. The van der Waals surface area contributed by atoms with Gasteiger partial charge in [-0.3, -0.25) is 9.03 Å². The van der Waals surface area contributed by atoms with Gasteiger partial charge in [0, 0.05) is 55.5 Å². The number of aryl methyl sites for hydroxylation is 1. The van der Waals surface area contributed by atoms with E-state index in [4.69, 9.17) is 26.1 Å². The number of anilines is 1. The summed E-state index contributed by atoms with van der Waals surface area (Å²) in [7, 11) is 0. The molecule has 2 aliphatic rings. The van der Waals surface area contributed by atoms with Crippen LogP contribution in [-0.4, -0.2) is 51.0 Å². The minimum Gasteiger partial charge on any atom is -0.490 e. The van der Waals surface area contributed by atoms with Gasteiger partial charge in [0.1, 0.15) is 17.7 Å². The second-order valence-electron chi connectivity index (χ2n) is 15.3. The van der Waals surface area contributed by atoms with Gasteiger partial charge in [0.05, 0.1) is 29.6 Å². The van der Waals surface area contributed by atoms with E-state index in [2.05, 4.69) is 103 Å². The number of benzene rings is 4. The average Bonchev–Trinajstić information content (AvgIpc) is 3.72. The van der Waals surface area contributed by atoms with Crippen LogP contribution in [0.2, 0.25) is 5.02 Å². The number of ether oxygens (including phenoxy) is 2. The molecule has 7 rings (SSSR count). The van der Waals surface area contributed by atoms with Gasteiger partial charge in [-0.1, -0.05) is 87.5 Å². The molecule has 1 unspecified atom stereocenters. The quantitative estimate of drug-likeness (QED) is 0.136. The van der Waals surface area contributed by atoms with Crippen molar-refractivity contribution >= 4 is 28.5 Å². The Morgan fingerprint density at radius 3 is 2.20 bits per heavy atom. The van der Waals surface area contributed by atoms with Gasteiger partial charge in [0.25, 0.3) is 0 Å². The number of halogens is 1. The molecular weight excluding hydrogens is 714 g/mol. The van der Waals surface area contributed by atoms with Gasteiger partial charge in [0.2, 0.25) is 11.2 Å². The minimum absolute atomic E-state index is 0.105. The molecule has 0 amide bonds. The van der Waals surface area contributed by atoms with E-state index in [1.807, 2.05) is 49.5 Å². The highest BCUT2D eigenvalue weighted by Crippen LogP contribution is 2.32. The number of piperidine rings is 1. The zero-order valence-electron chi connectivity index (χ0n) is 31.5. The summed E-state index contributed by atoms with van der Waals surface area (Å²) < 4.78 is 31.6. The molecule has 4 aromatic carbocycles. The third-order valence-corrected chi connectivity index (χ3v) is 11.2. The predicted molar refractivity (Wildman–Crippen MR) is 221 cm³/mol. The van der Waals surface area contributed by atoms with E-state index in [0.717, 1.165) is 94.0 Å². The summed E-state index contributed by atoms with van der Waals surface area (Å²) in [6.45, 7) is 19.5. The van der Waals surface area contributed by atoms with Crippen LogP contribution in [0.15, 0.2) is 122 Å². The first kappa shape index (κ1) is 37.3. The maximum atomic E-state index is 12.5. The van der Waals surface area contributed by atoms with Gasteiger partial charge in [-0.05, 0) is 83.6 Å². The highest BCUT2D eigenvalue weighted by molar-refractivity contribution is 7.85. The zero-order chi connectivity index (χ0) is 38.0. The standard InChI is InChI=1S/C44H48ClN5O3S/c1-30-7-20-40(41(45)25-30)42-28-49(36-14-16-37(17-15-36)50-27-31(2)47-54(50)51)43(46-42)26-33-8-10-34(11-9-33)35-12-18-38(19-13-35)53-39-21-23-48(24-22-39)32(3)52-29-44(4,5)6/h7-20,25,28,39,47H,2-3,21-24,26-27,29H2,1,4-6H3. The van der Waals surface area contributed by atoms with Gasteiger partial charge < -0.3 is 18.9 Å². The van der Waals surface area contributed by atoms with Crippen molar-refractivity contribution in [1.29, 1.82) is 0 Å². The number of likely N-dealkylation sites (tertiary alicyclic amines) is 1. The number of nitrogens with zero attached hydrogens (tertiary/aromatic N) is 4. The molecule has 54 heavy (non-hydrogen) atoms. The van der Waals surface area contributed by atoms with Crippen LogP contribution < -0.4 is 13.8 Å². The highest BCUT2D eigenvalue weighted by atomic mass is 35.5. The number of rotatable bonds is 11. The molecule has 1 N–H and O–H groups in total. The molecule has 0 radical (unpaired) electrons. The van der Waals surface area contributed by atoms with Crippen molar-refractivity contribution in [2.24, 2.45) is 5.41 Å². The number of nitrogens with one attached hydrogen (secondary N) is 1. The van der Waals surface area contributed by atoms with Crippen molar-refractivity contribution < 1.29 is 13.7 Å². The summed E-state index contributed by atoms with van der Waals surface area (Å²) in [4.78, 5) is 7.32. The van der Waals surface area contributed by atoms with Gasteiger partial charge in [0.15, 0.2) is 5.88 Å². The maximum Gasteiger partial charge on any atom is 0.223 e. The van der Waals surface area contributed by atoms with E-state index in [1.165, 1.54) is 0 Å². The molecule has 0 aliphatic carbocycles. The number of hydrogen-bond acceptors (Lipinski definition) is 5. The molecule has 0 spiro atoms. The molecule has 280 valence electrons. The fraction of sp³-hybridized carbons (Fsp3) is 0.295. The summed E-state index contributed by atoms with van der Waals surface area (Å²) in [5, 5.41) is 0.667. The first-order valence-corrected chi connectivity index (χ1v) is 19.9. The van der Waals surface area contributed by atoms with Gasteiger partial charge >= 0.3 is 0 Å². The van der Waals surface area contributed by atoms with Crippen LogP contribution in [0, 0.1) is 12.3 Å². The van der Waals surface area contributed by atoms with E-state index in [0.29, 0.717) is 24.6 Å². The number of imidazole rings is 1. The van der Waals surface area contributed by atoms with Crippen LogP contribution in [0.25, 0.3) is 28.1 Å². The lowest BCUT2D eigenvalue weighted by molar-refractivity contribution is 0.0372. The van der Waals surface area contributed by atoms with Crippen LogP contribution in [-0.2, 0) is 22.3 Å². The molecule has 1 aromatic heterocycles. The Kier molecular flexibility index (Phi) is 10.9. The van der Waals surface area contributed by atoms with Crippen LogP contribution in [0.3, 0.4) is 0 Å². The Balaban J connectivity index is 1.03. The molecule has 2 saturated heterocycles. The van der Waals surface area contributed by atoms with Crippen LogP contribution in [0.5, 0.6) is 5.75 Å². The molecule has 0 saturated carbocycles. The molecule has 8 nitrogen and oxygen atoms in total. The lowest BCUT2D eigenvalue weighted by Crippen LogP contribution is -2.38. The molecule has 5 aromatic rings. The molecule has 10 heteroatoms. The van der Waals surface area contributed by atoms with E-state index >= 15 is 0 Å². The topological polar surface area (TPSA) is 71.9 Å². The zero-order valence-corrected chi connectivity index (χ0v) is 33.1. The smallest absolute Gasteiger partial charge is 0.223 e. The van der Waals surface area contributed by atoms with E-state index in [1.54, 1.807) is 4.31 Å². The van der Waals surface area contributed by atoms with Crippen molar-refractivity contribution in [3.8, 4) is 33.8 Å². The molecule has 1 atom stereocenters. The fourth-order valence-corrected chi connectivity index (χ4v) is 8.00. The van der Waals surface area contributed by atoms with Crippen LogP contribution in [0.4, 0.5) is 5.69 Å². The van der Waals surface area contributed by atoms with Crippen molar-refractivity contribution in [2.75, 3.05) is 30.5 Å². The molecule has 2 fully saturated rings. The van der Waals surface area contributed by atoms with Gasteiger partial charge in [-0.2, -0.15) is 0 Å². The monoisotopic (exact) mass is 761 g/mol. The van der Waals surface area contributed by atoms with E-state index in [9.17, 15) is 4.21 Å². The summed E-state index contributed by atoms with van der Waals surface area (Å²) in [6, 6.07) is 31.1. The molecule has 3 heterocycles. The van der Waals surface area contributed by atoms with Gasteiger partial charge in [-0.15, -0.1) is 0 Å². The Morgan fingerprint density at radius 2 is 1.59 bits per heavy atom. The second-order valence-corrected chi connectivity index (χ2v) is 16.9. The van der Waals surface area contributed by atoms with Crippen molar-refractivity contribution in [3.05, 3.63) is 144 Å². The fourth-order valence-electron chi connectivity index (χ4n) is 6.66. The minimum atomic E-state index is -1.34. The summed E-state index contributed by atoms with van der Waals surface area (Å²) in [5.74, 6) is 2.53. The Labute approximate surface area is 326 Å². The SMILES string of the molecule is C=C1CN(c2ccc(-n3cc(-c4ccc(C)cc4Cl)nc3Cc3ccc(-c4ccc(OC5CCN(C(=C)OCC(C)(C)C)CC5)cc4)cc3)cc2)S(=O)N1. The number of aromatic nitrogens is 2. The third-order valence-electron chi connectivity index (χ3n) is 9.63. The van der Waals surface area contributed by atoms with Gasteiger partial charge in [-0.25, -0.2) is 9.19 Å². The van der Waals surface area contributed by atoms with Crippen molar-refractivity contribution in [3.63, 3.8) is 0 Å². The Hall–Kier alpha value is -4.99. The van der Waals surface area contributed by atoms with Crippen LogP contribution in [0.1, 0.15) is 50.6 Å². The molecular formula is C44H48ClN5O3S. The largest absolute Gasteiger partial charge is 0.490 e. The van der Waals surface area contributed by atoms with E-state index in [-0.39, 0.29) is 11.5 Å². The summed E-state index contributed by atoms with van der Waals surface area (Å²) in [5.41, 5.74) is 8.84. The first-order chi connectivity index (χ1) is 25.9. The predicted octanol–water partition coefficient (Wildman–Crippen LogP) is 9.64. The summed E-state index contributed by atoms with van der Waals surface area (Å²) >= 11 is 5.37. The van der Waals surface area contributed by atoms with Crippen molar-refractivity contribution in [1.82, 2.24) is 19.2 Å². The van der Waals surface area contributed by atoms with Crippen molar-refractivity contribution in [2.45, 2.75) is 53.1 Å². The van der Waals surface area contributed by atoms with Crippen LogP contribution >= 0.6 is 11.6 Å². The Bertz CT molecular complexity index is 2150. The van der Waals surface area contributed by atoms with E-state index < -0.39 is 11.2 Å². The molecule has 0 bridgehead atoms. The highest BCUT2D eigenvalue weighted by Gasteiger charge is 2.25. The second kappa shape index (κ2) is 15.8. The molecule has 2 aliphatic heterocycles. The number of hydrogen-bond donors (Lipinski definition) is 1. The first-order valence-electron chi connectivity index (χ1n) is 18.4. The lowest BCUT2D eigenvalue weighted by Gasteiger charge is -2.35. The lowest BCUT2D eigenvalue weighted by atomic mass is 9.99. The average molecular weight is 762 g/mol. The summed E-state index contributed by atoms with van der Waals surface area (Å²) in [6.07, 6.45) is 4.69. The normalized spacial score (nSPS) is 16.4. The third kappa shape index (κ3) is 8.86.